The minimum atomic E-state index is -0.936. The average Bonchev–Trinajstić information content (AvgIpc) is 2.38. The topological polar surface area (TPSA) is 46.5 Å². The highest BCUT2D eigenvalue weighted by molar-refractivity contribution is 7.99. The van der Waals surface area contributed by atoms with Crippen molar-refractivity contribution in [1.82, 2.24) is 0 Å². The van der Waals surface area contributed by atoms with Crippen LogP contribution in [0.15, 0.2) is 18.2 Å². The van der Waals surface area contributed by atoms with Crippen LogP contribution < -0.4 is 4.74 Å². The zero-order valence-corrected chi connectivity index (χ0v) is 13.1. The molecule has 0 amide bonds. The van der Waals surface area contributed by atoms with Crippen molar-refractivity contribution >= 4 is 23.8 Å². The molecule has 0 spiro atoms. The van der Waals surface area contributed by atoms with Crippen molar-refractivity contribution in [2.24, 2.45) is 0 Å². The van der Waals surface area contributed by atoms with Gasteiger partial charge in [0.25, 0.3) is 0 Å². The number of carboxylic acids is 1. The van der Waals surface area contributed by atoms with Crippen LogP contribution in [0.25, 0.3) is 6.08 Å². The second kappa shape index (κ2) is 8.69. The first-order chi connectivity index (χ1) is 9.54. The molecule has 0 aliphatic heterocycles. The average molecular weight is 294 g/mol. The molecule has 0 aromatic heterocycles. The van der Waals surface area contributed by atoms with Crippen molar-refractivity contribution in [3.63, 3.8) is 0 Å². The van der Waals surface area contributed by atoms with E-state index in [-0.39, 0.29) is 0 Å². The molecule has 0 saturated heterocycles. The Hall–Kier alpha value is -1.42. The number of thioether (sulfide) groups is 1. The van der Waals surface area contributed by atoms with E-state index in [9.17, 15) is 4.79 Å². The number of carbonyl (C=O) groups is 1. The fourth-order valence-corrected chi connectivity index (χ4v) is 2.57. The van der Waals surface area contributed by atoms with E-state index in [0.717, 1.165) is 53.0 Å². The molecule has 1 N–H and O–H groups in total. The molecule has 110 valence electrons. The number of rotatable bonds is 8. The number of aryl methyl sites for hydroxylation is 2. The van der Waals surface area contributed by atoms with Gasteiger partial charge in [0.1, 0.15) is 5.75 Å². The maximum absolute atomic E-state index is 10.5. The summed E-state index contributed by atoms with van der Waals surface area (Å²) in [7, 11) is 0. The van der Waals surface area contributed by atoms with Gasteiger partial charge in [0.2, 0.25) is 0 Å². The fraction of sp³-hybridized carbons (Fsp3) is 0.438. The molecule has 3 nitrogen and oxygen atoms in total. The number of hydrogen-bond donors (Lipinski definition) is 1. The predicted molar refractivity (Wildman–Crippen MR) is 85.7 cm³/mol. The number of carboxylic acid groups (broad SMARTS) is 1. The summed E-state index contributed by atoms with van der Waals surface area (Å²) in [6.07, 6.45) is 3.79. The van der Waals surface area contributed by atoms with Crippen LogP contribution in [0.3, 0.4) is 0 Å². The summed E-state index contributed by atoms with van der Waals surface area (Å²) in [5, 5.41) is 8.64. The monoisotopic (exact) mass is 294 g/mol. The Labute approximate surface area is 125 Å². The molecule has 0 aliphatic rings. The molecule has 4 heteroatoms. The summed E-state index contributed by atoms with van der Waals surface area (Å²) in [6, 6.07) is 3.89. The van der Waals surface area contributed by atoms with Crippen molar-refractivity contribution in [3.05, 3.63) is 34.9 Å². The van der Waals surface area contributed by atoms with Crippen molar-refractivity contribution < 1.29 is 14.6 Å². The zero-order valence-electron chi connectivity index (χ0n) is 12.3. The van der Waals surface area contributed by atoms with E-state index in [1.165, 1.54) is 0 Å². The molecule has 1 aromatic rings. The summed E-state index contributed by atoms with van der Waals surface area (Å²) >= 11 is 1.92. The Morgan fingerprint density at radius 2 is 2.00 bits per heavy atom. The van der Waals surface area contributed by atoms with Gasteiger partial charge < -0.3 is 9.84 Å². The molecular weight excluding hydrogens is 272 g/mol. The summed E-state index contributed by atoms with van der Waals surface area (Å²) in [6.45, 7) is 6.85. The third-order valence-corrected chi connectivity index (χ3v) is 3.77. The molecule has 1 rings (SSSR count). The molecule has 0 bridgehead atoms. The molecule has 1 aromatic carbocycles. The van der Waals surface area contributed by atoms with Crippen molar-refractivity contribution in [2.75, 3.05) is 18.1 Å². The number of aliphatic carboxylic acids is 1. The minimum absolute atomic E-state index is 0.721. The van der Waals surface area contributed by atoms with E-state index in [2.05, 4.69) is 6.92 Å². The minimum Gasteiger partial charge on any atom is -0.493 e. The first-order valence-electron chi connectivity index (χ1n) is 6.77. The smallest absolute Gasteiger partial charge is 0.328 e. The maximum atomic E-state index is 10.5. The van der Waals surface area contributed by atoms with Crippen LogP contribution in [0.2, 0.25) is 0 Å². The number of ether oxygens (including phenoxy) is 1. The lowest BCUT2D eigenvalue weighted by molar-refractivity contribution is -0.131. The van der Waals surface area contributed by atoms with Crippen LogP contribution in [0.5, 0.6) is 5.75 Å². The van der Waals surface area contributed by atoms with Gasteiger partial charge in [-0.1, -0.05) is 6.92 Å². The van der Waals surface area contributed by atoms with Gasteiger partial charge in [-0.2, -0.15) is 11.8 Å². The Bertz CT molecular complexity index is 458. The summed E-state index contributed by atoms with van der Waals surface area (Å²) in [5.74, 6) is 2.24. The second-order valence-corrected chi connectivity index (χ2v) is 5.95. The third-order valence-electron chi connectivity index (χ3n) is 2.78. The Morgan fingerprint density at radius 1 is 1.35 bits per heavy atom. The molecule has 0 saturated carbocycles. The molecule has 0 heterocycles. The lowest BCUT2D eigenvalue weighted by Crippen LogP contribution is -2.02. The van der Waals surface area contributed by atoms with Gasteiger partial charge in [-0.3, -0.25) is 0 Å². The number of hydrogen-bond acceptors (Lipinski definition) is 3. The molecule has 0 aliphatic carbocycles. The summed E-state index contributed by atoms with van der Waals surface area (Å²) in [5.41, 5.74) is 2.97. The highest BCUT2D eigenvalue weighted by Crippen LogP contribution is 2.25. The lowest BCUT2D eigenvalue weighted by Gasteiger charge is -2.13. The van der Waals surface area contributed by atoms with E-state index >= 15 is 0 Å². The van der Waals surface area contributed by atoms with Crippen molar-refractivity contribution in [3.8, 4) is 5.75 Å². The van der Waals surface area contributed by atoms with Gasteiger partial charge in [0, 0.05) is 6.08 Å². The van der Waals surface area contributed by atoms with E-state index in [1.807, 2.05) is 37.7 Å². The van der Waals surface area contributed by atoms with Crippen molar-refractivity contribution in [2.45, 2.75) is 27.2 Å². The quantitative estimate of drug-likeness (QED) is 0.583. The standard InChI is InChI=1S/C16H22O3S/c1-4-20-9-5-8-19-16-12(2)10-14(11-13(16)3)6-7-15(17)18/h6-7,10-11H,4-5,8-9H2,1-3H3,(H,17,18)/b7-6+. The molecule has 0 fully saturated rings. The Balaban J connectivity index is 2.66. The van der Waals surface area contributed by atoms with Gasteiger partial charge in [-0.05, 0) is 66.7 Å². The van der Waals surface area contributed by atoms with Gasteiger partial charge in [0.15, 0.2) is 0 Å². The molecule has 0 radical (unpaired) electrons. The van der Waals surface area contributed by atoms with E-state index < -0.39 is 5.97 Å². The Morgan fingerprint density at radius 3 is 2.55 bits per heavy atom. The van der Waals surface area contributed by atoms with Crippen LogP contribution in [0, 0.1) is 13.8 Å². The molecular formula is C16H22O3S. The first kappa shape index (κ1) is 16.6. The SMILES string of the molecule is CCSCCCOc1c(C)cc(/C=C/C(=O)O)cc1C. The van der Waals surface area contributed by atoms with E-state index in [1.54, 1.807) is 6.08 Å². The third kappa shape index (κ3) is 5.70. The first-order valence-corrected chi connectivity index (χ1v) is 7.93. The highest BCUT2D eigenvalue weighted by Gasteiger charge is 2.05. The van der Waals surface area contributed by atoms with Crippen LogP contribution in [-0.2, 0) is 4.79 Å². The molecule has 0 atom stereocenters. The van der Waals surface area contributed by atoms with E-state index in [0.29, 0.717) is 0 Å². The van der Waals surface area contributed by atoms with Gasteiger partial charge >= 0.3 is 5.97 Å². The van der Waals surface area contributed by atoms with Crippen LogP contribution in [0.1, 0.15) is 30.0 Å². The van der Waals surface area contributed by atoms with Gasteiger partial charge in [-0.15, -0.1) is 0 Å². The normalized spacial score (nSPS) is 10.9. The lowest BCUT2D eigenvalue weighted by atomic mass is 10.1. The summed E-state index contributed by atoms with van der Waals surface area (Å²) in [4.78, 5) is 10.5. The highest BCUT2D eigenvalue weighted by atomic mass is 32.2. The van der Waals surface area contributed by atoms with Crippen molar-refractivity contribution in [1.29, 1.82) is 0 Å². The Kier molecular flexibility index (Phi) is 7.23. The second-order valence-electron chi connectivity index (χ2n) is 4.55. The predicted octanol–water partition coefficient (Wildman–Crippen LogP) is 3.92. The van der Waals surface area contributed by atoms with Crippen LogP contribution >= 0.6 is 11.8 Å². The van der Waals surface area contributed by atoms with Gasteiger partial charge in [-0.25, -0.2) is 4.79 Å². The van der Waals surface area contributed by atoms with Gasteiger partial charge in [0.05, 0.1) is 6.61 Å². The zero-order chi connectivity index (χ0) is 15.0. The summed E-state index contributed by atoms with van der Waals surface area (Å²) < 4.78 is 5.84. The molecule has 20 heavy (non-hydrogen) atoms. The fourth-order valence-electron chi connectivity index (χ4n) is 1.95. The largest absolute Gasteiger partial charge is 0.493 e. The maximum Gasteiger partial charge on any atom is 0.328 e. The van der Waals surface area contributed by atoms with E-state index in [4.69, 9.17) is 9.84 Å². The molecule has 0 unspecified atom stereocenters. The van der Waals surface area contributed by atoms with Crippen LogP contribution in [0.4, 0.5) is 0 Å². The van der Waals surface area contributed by atoms with Crippen LogP contribution in [-0.4, -0.2) is 29.2 Å². The number of benzene rings is 1.